The molecule has 10 nitrogen and oxygen atoms in total. The van der Waals surface area contributed by atoms with Gasteiger partial charge in [-0.25, -0.2) is 27.9 Å². The molecule has 4 aromatic heterocycles. The lowest BCUT2D eigenvalue weighted by atomic mass is 10.1. The zero-order valence-electron chi connectivity index (χ0n) is 22.6. The normalized spacial score (nSPS) is 11.8. The molecule has 0 atom stereocenters. The fourth-order valence-corrected chi connectivity index (χ4v) is 5.33. The van der Waals surface area contributed by atoms with E-state index in [1.807, 2.05) is 73.8 Å². The van der Waals surface area contributed by atoms with Crippen LogP contribution in [0.4, 0.5) is 11.5 Å². The molecular weight excluding hydrogens is 540 g/mol. The summed E-state index contributed by atoms with van der Waals surface area (Å²) in [6, 6.07) is 19.4. The summed E-state index contributed by atoms with van der Waals surface area (Å²) in [7, 11) is -2.95. The minimum absolute atomic E-state index is 0.191. The van der Waals surface area contributed by atoms with Crippen molar-refractivity contribution in [2.24, 2.45) is 0 Å². The van der Waals surface area contributed by atoms with E-state index >= 15 is 0 Å². The van der Waals surface area contributed by atoms with E-state index in [0.29, 0.717) is 30.1 Å². The summed E-state index contributed by atoms with van der Waals surface area (Å²) in [4.78, 5) is 13.1. The van der Waals surface area contributed by atoms with Crippen LogP contribution in [0, 0.1) is 6.92 Å². The van der Waals surface area contributed by atoms with Gasteiger partial charge < -0.3 is 14.5 Å². The van der Waals surface area contributed by atoms with Crippen LogP contribution >= 0.6 is 0 Å². The number of fused-ring (bicyclic) bond motifs is 2. The number of sulfone groups is 1. The largest absolute Gasteiger partial charge is 0.461 e. The number of furan rings is 1. The van der Waals surface area contributed by atoms with Gasteiger partial charge in [-0.1, -0.05) is 0 Å². The first kappa shape index (κ1) is 26.5. The Morgan fingerprint density at radius 1 is 0.951 bits per heavy atom. The Bertz CT molecular complexity index is 1960. The molecule has 11 heteroatoms. The fraction of sp³-hybridized carbons (Fsp3) is 0.200. The van der Waals surface area contributed by atoms with Gasteiger partial charge >= 0.3 is 0 Å². The molecule has 1 N–H and O–H groups in total. The smallest absolute Gasteiger partial charge is 0.158 e. The van der Waals surface area contributed by atoms with Crippen molar-refractivity contribution in [3.8, 4) is 22.8 Å². The van der Waals surface area contributed by atoms with Gasteiger partial charge in [-0.15, -0.1) is 0 Å². The molecule has 0 spiro atoms. The quantitative estimate of drug-likeness (QED) is 0.194. The van der Waals surface area contributed by atoms with Gasteiger partial charge in [0.1, 0.15) is 51.3 Å². The molecule has 2 aromatic carbocycles. The summed E-state index contributed by atoms with van der Waals surface area (Å²) < 4.78 is 36.6. The summed E-state index contributed by atoms with van der Waals surface area (Å²) in [6.45, 7) is 1.99. The van der Waals surface area contributed by atoms with Crippen molar-refractivity contribution >= 4 is 37.9 Å². The minimum atomic E-state index is -2.95. The standard InChI is InChI=1S/C30H28N6O4S/c1-20-15-22(7-10-27(20)40-24-12-13-36-29(17-24)32-19-34-36)35-30-25-16-21(6-9-26(25)31-18-33-30)28-11-8-23(39-28)5-3-4-14-41(2,37)38/h6-13,15-19H,3-5,14H2,1-2H3,(H,31,33,35). The van der Waals surface area contributed by atoms with Gasteiger partial charge in [-0.05, 0) is 79.9 Å². The Balaban J connectivity index is 1.18. The highest BCUT2D eigenvalue weighted by Gasteiger charge is 2.12. The second-order valence-corrected chi connectivity index (χ2v) is 12.2. The number of aromatic nitrogens is 5. The van der Waals surface area contributed by atoms with E-state index in [2.05, 4.69) is 25.4 Å². The number of unbranched alkanes of at least 4 members (excludes halogenated alkanes) is 1. The monoisotopic (exact) mass is 568 g/mol. The molecule has 6 aromatic rings. The number of anilines is 2. The van der Waals surface area contributed by atoms with Crippen molar-refractivity contribution in [2.45, 2.75) is 26.2 Å². The molecule has 0 saturated heterocycles. The van der Waals surface area contributed by atoms with E-state index in [0.717, 1.165) is 51.4 Å². The molecule has 0 radical (unpaired) electrons. The summed E-state index contributed by atoms with van der Waals surface area (Å²) in [6.07, 6.45) is 8.16. The van der Waals surface area contributed by atoms with Crippen molar-refractivity contribution in [1.29, 1.82) is 0 Å². The Kier molecular flexibility index (Phi) is 7.10. The minimum Gasteiger partial charge on any atom is -0.461 e. The lowest BCUT2D eigenvalue weighted by Crippen LogP contribution is -2.02. The van der Waals surface area contributed by atoms with Crippen LogP contribution in [0.15, 0.2) is 83.9 Å². The van der Waals surface area contributed by atoms with E-state index in [1.54, 1.807) is 4.52 Å². The maximum absolute atomic E-state index is 11.4. The topological polar surface area (TPSA) is 125 Å². The molecule has 0 amide bonds. The van der Waals surface area contributed by atoms with Gasteiger partial charge in [0.2, 0.25) is 0 Å². The first-order chi connectivity index (χ1) is 19.8. The van der Waals surface area contributed by atoms with Crippen LogP contribution in [0.1, 0.15) is 24.2 Å². The van der Waals surface area contributed by atoms with E-state index < -0.39 is 9.84 Å². The number of ether oxygens (including phenoxy) is 1. The predicted molar refractivity (Wildman–Crippen MR) is 157 cm³/mol. The van der Waals surface area contributed by atoms with Crippen LogP contribution < -0.4 is 10.1 Å². The highest BCUT2D eigenvalue weighted by Crippen LogP contribution is 2.32. The molecule has 6 rings (SSSR count). The summed E-state index contributed by atoms with van der Waals surface area (Å²) >= 11 is 0. The third kappa shape index (κ3) is 6.20. The van der Waals surface area contributed by atoms with E-state index in [4.69, 9.17) is 9.15 Å². The summed E-state index contributed by atoms with van der Waals surface area (Å²) in [5.41, 5.74) is 4.24. The number of nitrogens with one attached hydrogen (secondary N) is 1. The SMILES string of the molecule is Cc1cc(Nc2ncnc3ccc(-c4ccc(CCCCS(C)(=O)=O)o4)cc23)ccc1Oc1ccn2ncnc2c1. The first-order valence-electron chi connectivity index (χ1n) is 13.2. The van der Waals surface area contributed by atoms with Crippen LogP contribution in [-0.4, -0.2) is 45.0 Å². The lowest BCUT2D eigenvalue weighted by molar-refractivity contribution is 0.478. The molecule has 0 unspecified atom stereocenters. The summed E-state index contributed by atoms with van der Waals surface area (Å²) in [5.74, 6) is 3.85. The van der Waals surface area contributed by atoms with Crippen LogP contribution in [0.25, 0.3) is 27.9 Å². The van der Waals surface area contributed by atoms with E-state index in [-0.39, 0.29) is 5.75 Å². The van der Waals surface area contributed by atoms with Crippen molar-refractivity contribution in [2.75, 3.05) is 17.3 Å². The number of hydrogen-bond donors (Lipinski definition) is 1. The number of pyridine rings is 1. The molecule has 0 aliphatic heterocycles. The average Bonchev–Trinajstić information content (AvgIpc) is 3.62. The predicted octanol–water partition coefficient (Wildman–Crippen LogP) is 6.14. The molecule has 0 fully saturated rings. The molecule has 0 aliphatic carbocycles. The van der Waals surface area contributed by atoms with Gasteiger partial charge in [0.15, 0.2) is 5.65 Å². The second-order valence-electron chi connectivity index (χ2n) is 9.94. The van der Waals surface area contributed by atoms with Crippen molar-refractivity contribution < 1.29 is 17.6 Å². The van der Waals surface area contributed by atoms with E-state index in [1.165, 1.54) is 18.9 Å². The highest BCUT2D eigenvalue weighted by atomic mass is 32.2. The highest BCUT2D eigenvalue weighted by molar-refractivity contribution is 7.90. The molecule has 0 bridgehead atoms. The van der Waals surface area contributed by atoms with Gasteiger partial charge in [-0.3, -0.25) is 0 Å². The van der Waals surface area contributed by atoms with Crippen LogP contribution in [0.3, 0.4) is 0 Å². The Morgan fingerprint density at radius 2 is 1.85 bits per heavy atom. The third-order valence-corrected chi connectivity index (χ3v) is 7.72. The number of benzene rings is 2. The van der Waals surface area contributed by atoms with Crippen molar-refractivity contribution in [3.63, 3.8) is 0 Å². The van der Waals surface area contributed by atoms with Crippen LogP contribution in [0.2, 0.25) is 0 Å². The number of aryl methyl sites for hydroxylation is 2. The zero-order chi connectivity index (χ0) is 28.4. The molecule has 0 saturated carbocycles. The van der Waals surface area contributed by atoms with Gasteiger partial charge in [0.05, 0.1) is 5.52 Å². The van der Waals surface area contributed by atoms with Crippen LogP contribution in [-0.2, 0) is 16.3 Å². The molecular formula is C30H28N6O4S. The van der Waals surface area contributed by atoms with Crippen molar-refractivity contribution in [3.05, 3.63) is 90.8 Å². The lowest BCUT2D eigenvalue weighted by Gasteiger charge is -2.13. The molecule has 41 heavy (non-hydrogen) atoms. The fourth-order valence-electron chi connectivity index (χ4n) is 4.61. The molecule has 208 valence electrons. The molecule has 4 heterocycles. The maximum atomic E-state index is 11.4. The number of rotatable bonds is 10. The Morgan fingerprint density at radius 3 is 2.71 bits per heavy atom. The Hall–Kier alpha value is -4.77. The molecule has 0 aliphatic rings. The van der Waals surface area contributed by atoms with Crippen LogP contribution in [0.5, 0.6) is 11.5 Å². The summed E-state index contributed by atoms with van der Waals surface area (Å²) in [5, 5.41) is 8.39. The zero-order valence-corrected chi connectivity index (χ0v) is 23.4. The van der Waals surface area contributed by atoms with Crippen molar-refractivity contribution in [1.82, 2.24) is 24.6 Å². The average molecular weight is 569 g/mol. The number of hydrogen-bond acceptors (Lipinski definition) is 9. The van der Waals surface area contributed by atoms with Gasteiger partial charge in [-0.2, -0.15) is 5.10 Å². The maximum Gasteiger partial charge on any atom is 0.158 e. The number of nitrogens with zero attached hydrogens (tertiary/aromatic N) is 5. The first-order valence-corrected chi connectivity index (χ1v) is 15.2. The van der Waals surface area contributed by atoms with Gasteiger partial charge in [0, 0.05) is 47.3 Å². The third-order valence-electron chi connectivity index (χ3n) is 6.69. The second kappa shape index (κ2) is 11.0. The van der Waals surface area contributed by atoms with E-state index in [9.17, 15) is 8.42 Å². The Labute approximate surface area is 237 Å². The van der Waals surface area contributed by atoms with Gasteiger partial charge in [0.25, 0.3) is 0 Å².